The number of carbonyl (C=O) groups excluding carboxylic acids is 2. The van der Waals surface area contributed by atoms with Crippen molar-refractivity contribution in [1.82, 2.24) is 10.2 Å². The molecule has 11 atom stereocenters. The zero-order chi connectivity index (χ0) is 35.3. The first-order valence-electron chi connectivity index (χ1n) is 19.8. The molecule has 3 N–H and O–H groups in total. The van der Waals surface area contributed by atoms with Crippen molar-refractivity contribution in [3.8, 4) is 0 Å². The number of fused-ring (bicyclic) bond motifs is 5. The van der Waals surface area contributed by atoms with Crippen molar-refractivity contribution in [2.75, 3.05) is 19.7 Å². The minimum absolute atomic E-state index is 0.0673. The highest BCUT2D eigenvalue weighted by Gasteiger charge is 2.59. The third kappa shape index (κ3) is 8.98. The van der Waals surface area contributed by atoms with E-state index >= 15 is 0 Å². The highest BCUT2D eigenvalue weighted by Crippen LogP contribution is 2.67. The number of aliphatic hydroxyl groups is 1. The van der Waals surface area contributed by atoms with E-state index in [1.807, 2.05) is 0 Å². The predicted octanol–water partition coefficient (Wildman–Crippen LogP) is 8.04. The number of likely N-dealkylation sites (tertiary alicyclic amines) is 1. The maximum absolute atomic E-state index is 12.7. The van der Waals surface area contributed by atoms with Gasteiger partial charge >= 0.3 is 14.3 Å². The van der Waals surface area contributed by atoms with E-state index in [-0.39, 0.29) is 42.7 Å². The van der Waals surface area contributed by atoms with Gasteiger partial charge in [-0.05, 0) is 111 Å². The monoisotopic (exact) mass is 706 g/mol. The Morgan fingerprint density at radius 3 is 2.55 bits per heavy atom. The van der Waals surface area contributed by atoms with Crippen LogP contribution in [0.3, 0.4) is 0 Å². The quantitative estimate of drug-likeness (QED) is 0.0894. The number of nitrogens with one attached hydrogen (secondary N) is 1. The molecule has 5 aliphatic rings. The molecule has 0 aromatic rings. The van der Waals surface area contributed by atoms with Crippen LogP contribution in [-0.2, 0) is 18.6 Å². The number of alkyl carbamates (subject to hydrolysis) is 1. The van der Waals surface area contributed by atoms with Crippen LogP contribution in [0, 0.1) is 46.3 Å². The molecule has 10 heteroatoms. The lowest BCUT2D eigenvalue weighted by molar-refractivity contribution is -0.133. The number of unbranched alkanes of at least 4 members (excludes halogenated alkanes) is 2. The Labute approximate surface area is 296 Å². The largest absolute Gasteiger partial charge is 0.446 e. The van der Waals surface area contributed by atoms with Crippen molar-refractivity contribution in [1.29, 1.82) is 0 Å². The van der Waals surface area contributed by atoms with E-state index in [1.54, 1.807) is 4.90 Å². The van der Waals surface area contributed by atoms with E-state index in [1.165, 1.54) is 56.9 Å². The molecule has 5 rings (SSSR count). The Morgan fingerprint density at radius 2 is 1.82 bits per heavy atom. The molecule has 3 saturated carbocycles. The van der Waals surface area contributed by atoms with Crippen LogP contribution in [0.4, 0.5) is 4.79 Å². The minimum atomic E-state index is -3.08. The average molecular weight is 707 g/mol. The zero-order valence-electron chi connectivity index (χ0n) is 31.1. The van der Waals surface area contributed by atoms with Gasteiger partial charge in [0.25, 0.3) is 0 Å². The molecule has 0 aromatic carbocycles. The fourth-order valence-electron chi connectivity index (χ4n) is 11.4. The summed E-state index contributed by atoms with van der Waals surface area (Å²) in [5.41, 5.74) is 2.26. The molecule has 9 nitrogen and oxygen atoms in total. The normalized spacial score (nSPS) is 36.8. The van der Waals surface area contributed by atoms with Crippen molar-refractivity contribution in [2.24, 2.45) is 46.3 Å². The highest BCUT2D eigenvalue weighted by molar-refractivity contribution is 7.32. The Kier molecular flexibility index (Phi) is 13.4. The fraction of sp³-hybridized carbons (Fsp3) is 0.897. The average Bonchev–Trinajstić information content (AvgIpc) is 3.62. The summed E-state index contributed by atoms with van der Waals surface area (Å²) in [6.45, 7) is 13.0. The van der Waals surface area contributed by atoms with Gasteiger partial charge in [0.05, 0.1) is 18.8 Å². The summed E-state index contributed by atoms with van der Waals surface area (Å²) in [5.74, 6) is 4.83. The van der Waals surface area contributed by atoms with E-state index in [2.05, 4.69) is 46.0 Å². The Morgan fingerprint density at radius 1 is 1.02 bits per heavy atom. The first-order chi connectivity index (χ1) is 23.4. The summed E-state index contributed by atoms with van der Waals surface area (Å²) in [5, 5.41) is 12.5. The summed E-state index contributed by atoms with van der Waals surface area (Å²) < 4.78 is 22.0. The third-order valence-electron chi connectivity index (χ3n) is 14.0. The van der Waals surface area contributed by atoms with Gasteiger partial charge in [0, 0.05) is 25.9 Å². The van der Waals surface area contributed by atoms with Gasteiger partial charge in [-0.25, -0.2) is 4.79 Å². The highest BCUT2D eigenvalue weighted by atomic mass is 31.1. The van der Waals surface area contributed by atoms with E-state index in [9.17, 15) is 19.3 Å². The second-order valence-corrected chi connectivity index (χ2v) is 18.2. The molecule has 1 saturated heterocycles. The number of carbonyl (C=O) groups is 2. The van der Waals surface area contributed by atoms with E-state index in [0.717, 1.165) is 67.6 Å². The molecular formula is C39H67N2O7P. The lowest BCUT2D eigenvalue weighted by Crippen LogP contribution is -2.51. The predicted molar refractivity (Wildman–Crippen MR) is 193 cm³/mol. The topological polar surface area (TPSA) is 125 Å². The Bertz CT molecular complexity index is 1200. The van der Waals surface area contributed by atoms with Gasteiger partial charge in [0.1, 0.15) is 6.10 Å². The molecule has 1 aliphatic heterocycles. The molecule has 0 aromatic heterocycles. The smallest absolute Gasteiger partial charge is 0.407 e. The van der Waals surface area contributed by atoms with Gasteiger partial charge < -0.3 is 29.5 Å². The van der Waals surface area contributed by atoms with Crippen molar-refractivity contribution >= 4 is 20.3 Å². The number of rotatable bonds is 15. The molecule has 0 bridgehead atoms. The van der Waals surface area contributed by atoms with E-state index in [0.29, 0.717) is 31.2 Å². The minimum Gasteiger partial charge on any atom is -0.446 e. The Balaban J connectivity index is 1.02. The first-order valence-corrected chi connectivity index (χ1v) is 21.1. The number of aliphatic hydroxyl groups excluding tert-OH is 1. The van der Waals surface area contributed by atoms with Crippen LogP contribution in [-0.4, -0.2) is 64.8 Å². The van der Waals surface area contributed by atoms with Crippen LogP contribution in [0.1, 0.15) is 137 Å². The van der Waals surface area contributed by atoms with Crippen molar-refractivity contribution in [3.05, 3.63) is 11.6 Å². The second kappa shape index (κ2) is 16.9. The summed E-state index contributed by atoms with van der Waals surface area (Å²) >= 11 is 0. The van der Waals surface area contributed by atoms with Crippen LogP contribution in [0.5, 0.6) is 0 Å². The lowest BCUT2D eigenvalue weighted by Gasteiger charge is -2.58. The summed E-state index contributed by atoms with van der Waals surface area (Å²) in [6, 6.07) is -0.379. The van der Waals surface area contributed by atoms with Crippen LogP contribution in [0.15, 0.2) is 11.6 Å². The van der Waals surface area contributed by atoms with E-state index < -0.39 is 14.4 Å². The standard InChI is InChI=1S/C39H67N2O7P/c1-26(2)10-9-11-27(3)33-15-16-34-32-14-13-28-22-30(17-19-38(28,4)35(32)18-20-39(33,34)5)47-37(44)40-21-8-6-7-12-36(43)41-24-31(48-49(45)46)23-29(41)25-42/h13,26-27,29-35,42,49H,6-12,14-25H2,1-5H3,(H,40,44)(H,45,46)/t27-,29+,30+,31-,32?,33-,34?,35?,38+,39-/m1/s1. The van der Waals surface area contributed by atoms with Crippen LogP contribution in [0.25, 0.3) is 0 Å². The van der Waals surface area contributed by atoms with Gasteiger partial charge in [-0.3, -0.25) is 9.36 Å². The molecule has 0 radical (unpaired) electrons. The van der Waals surface area contributed by atoms with Gasteiger partial charge in [0.2, 0.25) is 5.91 Å². The maximum Gasteiger partial charge on any atom is 0.407 e. The second-order valence-electron chi connectivity index (χ2n) is 17.4. The molecule has 4 aliphatic carbocycles. The molecule has 49 heavy (non-hydrogen) atoms. The van der Waals surface area contributed by atoms with E-state index in [4.69, 9.17) is 14.2 Å². The van der Waals surface area contributed by atoms with Crippen LogP contribution in [0.2, 0.25) is 0 Å². The third-order valence-corrected chi connectivity index (χ3v) is 14.6. The maximum atomic E-state index is 12.7. The SMILES string of the molecule is CC(C)CCC[C@@H](C)[C@H]1CCC2C3CC=C4C[C@@H](OC(=O)NCCCCCC(=O)N5C[C@H](O[PH](=O)O)C[C@H]5CO)CC[C@]4(C)C3CC[C@@]21C. The summed E-state index contributed by atoms with van der Waals surface area (Å²) in [6.07, 6.45) is 18.3. The van der Waals surface area contributed by atoms with Crippen molar-refractivity contribution in [3.63, 3.8) is 0 Å². The number of hydrogen-bond donors (Lipinski definition) is 3. The summed E-state index contributed by atoms with van der Waals surface area (Å²) in [7, 11) is -3.08. The molecule has 0 spiro atoms. The number of hydrogen-bond acceptors (Lipinski definition) is 6. The fourth-order valence-corrected chi connectivity index (χ4v) is 11.9. The number of nitrogens with zero attached hydrogens (tertiary/aromatic N) is 1. The summed E-state index contributed by atoms with van der Waals surface area (Å²) in [4.78, 5) is 36.0. The van der Waals surface area contributed by atoms with Crippen LogP contribution < -0.4 is 5.32 Å². The van der Waals surface area contributed by atoms with Crippen molar-refractivity contribution in [2.45, 2.75) is 156 Å². The van der Waals surface area contributed by atoms with Gasteiger partial charge in [-0.2, -0.15) is 0 Å². The number of allylic oxidation sites excluding steroid dienone is 1. The molecule has 280 valence electrons. The molecule has 4 fully saturated rings. The number of amides is 2. The first kappa shape index (κ1) is 38.8. The van der Waals surface area contributed by atoms with Gasteiger partial charge in [0.15, 0.2) is 0 Å². The van der Waals surface area contributed by atoms with Crippen molar-refractivity contribution < 1.29 is 33.4 Å². The van der Waals surface area contributed by atoms with Gasteiger partial charge in [-0.15, -0.1) is 0 Å². The zero-order valence-corrected chi connectivity index (χ0v) is 32.1. The molecule has 4 unspecified atom stereocenters. The van der Waals surface area contributed by atoms with Gasteiger partial charge in [-0.1, -0.05) is 72.0 Å². The Hall–Kier alpha value is -1.41. The molecule has 1 heterocycles. The van der Waals surface area contributed by atoms with Crippen LogP contribution >= 0.6 is 8.25 Å². The molecule has 2 amide bonds. The molecular weight excluding hydrogens is 639 g/mol. The number of ether oxygens (including phenoxy) is 1. The lowest BCUT2D eigenvalue weighted by atomic mass is 9.47.